The molecule has 1 saturated heterocycles. The number of pyridine rings is 1. The highest BCUT2D eigenvalue weighted by Gasteiger charge is 2.28. The maximum Gasteiger partial charge on any atom is 0.352 e. The predicted octanol–water partition coefficient (Wildman–Crippen LogP) is 4.51. The van der Waals surface area contributed by atoms with E-state index in [1.165, 1.54) is 29.7 Å². The summed E-state index contributed by atoms with van der Waals surface area (Å²) in [5.74, 6) is 6.66. The monoisotopic (exact) mass is 439 g/mol. The van der Waals surface area contributed by atoms with Crippen molar-refractivity contribution in [3.8, 4) is 17.7 Å². The second kappa shape index (κ2) is 9.29. The number of anilines is 1. The molecule has 2 aromatic rings. The first-order valence-corrected chi connectivity index (χ1v) is 11.6. The molecule has 4 rings (SSSR count). The number of rotatable bonds is 6. The zero-order valence-electron chi connectivity index (χ0n) is 18.4. The number of fused-ring (bicyclic) bond motifs is 1. The molecule has 0 radical (unpaired) electrons. The SMILES string of the molecule is CC(C)(C)C#Cc1cc2c(s1)C(=O)O[C@@H](CCOc1cc(CN3CCCC3)ccn1)N2. The lowest BCUT2D eigenvalue weighted by molar-refractivity contribution is 0.0297. The molecule has 1 N–H and O–H groups in total. The zero-order chi connectivity index (χ0) is 21.8. The normalized spacial score (nSPS) is 18.5. The van der Waals surface area contributed by atoms with E-state index in [-0.39, 0.29) is 11.4 Å². The highest BCUT2D eigenvalue weighted by molar-refractivity contribution is 7.15. The van der Waals surface area contributed by atoms with E-state index in [9.17, 15) is 4.79 Å². The highest BCUT2D eigenvalue weighted by atomic mass is 32.1. The molecule has 2 aliphatic rings. The number of aromatic nitrogens is 1. The summed E-state index contributed by atoms with van der Waals surface area (Å²) >= 11 is 1.37. The molecule has 0 spiro atoms. The third kappa shape index (κ3) is 5.99. The van der Waals surface area contributed by atoms with Crippen LogP contribution in [0.4, 0.5) is 5.69 Å². The lowest BCUT2D eigenvalue weighted by Crippen LogP contribution is -2.32. The van der Waals surface area contributed by atoms with Gasteiger partial charge in [-0.15, -0.1) is 11.3 Å². The number of carbonyl (C=O) groups is 1. The summed E-state index contributed by atoms with van der Waals surface area (Å²) in [5.41, 5.74) is 1.91. The van der Waals surface area contributed by atoms with E-state index in [1.807, 2.05) is 18.2 Å². The Bertz CT molecular complexity index is 993. The number of ether oxygens (including phenoxy) is 2. The van der Waals surface area contributed by atoms with E-state index in [2.05, 4.69) is 47.8 Å². The van der Waals surface area contributed by atoms with Crippen LogP contribution in [0.3, 0.4) is 0 Å². The number of thiophene rings is 1. The molecule has 0 aromatic carbocycles. The molecule has 0 saturated carbocycles. The molecule has 2 aromatic heterocycles. The predicted molar refractivity (Wildman–Crippen MR) is 122 cm³/mol. The van der Waals surface area contributed by atoms with Gasteiger partial charge in [0.25, 0.3) is 0 Å². The average molecular weight is 440 g/mol. The number of hydrogen-bond acceptors (Lipinski definition) is 7. The first kappa shape index (κ1) is 21.7. The Labute approximate surface area is 188 Å². The van der Waals surface area contributed by atoms with E-state index in [0.717, 1.165) is 30.2 Å². The maximum absolute atomic E-state index is 12.4. The number of cyclic esters (lactones) is 1. The summed E-state index contributed by atoms with van der Waals surface area (Å²) < 4.78 is 11.4. The average Bonchev–Trinajstić information content (AvgIpc) is 3.36. The summed E-state index contributed by atoms with van der Waals surface area (Å²) in [6, 6.07) is 5.96. The van der Waals surface area contributed by atoms with Crippen LogP contribution in [-0.4, -0.2) is 41.8 Å². The van der Waals surface area contributed by atoms with Gasteiger partial charge in [-0.3, -0.25) is 4.90 Å². The number of hydrogen-bond donors (Lipinski definition) is 1. The molecule has 1 fully saturated rings. The van der Waals surface area contributed by atoms with Gasteiger partial charge in [0.1, 0.15) is 4.88 Å². The van der Waals surface area contributed by atoms with E-state index in [0.29, 0.717) is 23.8 Å². The Hall–Kier alpha value is -2.56. The van der Waals surface area contributed by atoms with Crippen molar-refractivity contribution in [3.05, 3.63) is 39.7 Å². The van der Waals surface area contributed by atoms with Crippen molar-refractivity contribution in [2.45, 2.75) is 52.8 Å². The van der Waals surface area contributed by atoms with Crippen LogP contribution in [0.1, 0.15) is 60.1 Å². The number of nitrogens with one attached hydrogen (secondary N) is 1. The fourth-order valence-electron chi connectivity index (χ4n) is 3.57. The zero-order valence-corrected chi connectivity index (χ0v) is 19.2. The van der Waals surface area contributed by atoms with Gasteiger partial charge in [-0.2, -0.15) is 0 Å². The lowest BCUT2D eigenvalue weighted by Gasteiger charge is -2.24. The van der Waals surface area contributed by atoms with Crippen LogP contribution >= 0.6 is 11.3 Å². The van der Waals surface area contributed by atoms with E-state index in [4.69, 9.17) is 9.47 Å². The Morgan fingerprint density at radius 1 is 1.32 bits per heavy atom. The first-order valence-electron chi connectivity index (χ1n) is 10.8. The third-order valence-corrected chi connectivity index (χ3v) is 6.11. The number of nitrogens with zero attached hydrogens (tertiary/aromatic N) is 2. The van der Waals surface area contributed by atoms with Gasteiger partial charge in [0.05, 0.1) is 17.2 Å². The molecule has 6 nitrogen and oxygen atoms in total. The third-order valence-electron chi connectivity index (χ3n) is 5.08. The van der Waals surface area contributed by atoms with Crippen molar-refractivity contribution in [2.75, 3.05) is 25.0 Å². The van der Waals surface area contributed by atoms with Gasteiger partial charge in [0.15, 0.2) is 6.23 Å². The summed E-state index contributed by atoms with van der Waals surface area (Å²) in [4.78, 5) is 20.6. The largest absolute Gasteiger partial charge is 0.477 e. The van der Waals surface area contributed by atoms with Crippen molar-refractivity contribution in [1.82, 2.24) is 9.88 Å². The van der Waals surface area contributed by atoms with Crippen LogP contribution in [0, 0.1) is 17.3 Å². The van der Waals surface area contributed by atoms with Crippen LogP contribution in [0.5, 0.6) is 5.88 Å². The molecule has 0 unspecified atom stereocenters. The van der Waals surface area contributed by atoms with Crippen molar-refractivity contribution in [1.29, 1.82) is 0 Å². The fourth-order valence-corrected chi connectivity index (χ4v) is 4.43. The molecule has 7 heteroatoms. The lowest BCUT2D eigenvalue weighted by atomic mass is 9.98. The van der Waals surface area contributed by atoms with Crippen molar-refractivity contribution in [2.24, 2.45) is 5.41 Å². The van der Waals surface area contributed by atoms with E-state index in [1.54, 1.807) is 6.20 Å². The van der Waals surface area contributed by atoms with Crippen LogP contribution in [-0.2, 0) is 11.3 Å². The number of esters is 1. The highest BCUT2D eigenvalue weighted by Crippen LogP contribution is 2.32. The fraction of sp³-hybridized carbons (Fsp3) is 0.500. The molecule has 164 valence electrons. The standard InChI is InChI=1S/C24H29N3O3S/c1-24(2,3)9-6-18-15-19-22(31-18)23(28)30-20(26-19)8-13-29-21-14-17(7-10-25-21)16-27-11-4-5-12-27/h7,10,14-15,20,26H,4-5,8,11-13,16H2,1-3H3/t20-/m0/s1. The molecule has 0 amide bonds. The van der Waals surface area contributed by atoms with Crippen molar-refractivity contribution in [3.63, 3.8) is 0 Å². The molecular formula is C24H29N3O3S. The minimum absolute atomic E-state index is 0.0852. The van der Waals surface area contributed by atoms with Crippen LogP contribution < -0.4 is 10.1 Å². The van der Waals surface area contributed by atoms with Gasteiger partial charge >= 0.3 is 5.97 Å². The van der Waals surface area contributed by atoms with Gasteiger partial charge < -0.3 is 14.8 Å². The van der Waals surface area contributed by atoms with Gasteiger partial charge in [-0.1, -0.05) is 11.8 Å². The van der Waals surface area contributed by atoms with Crippen LogP contribution in [0.25, 0.3) is 0 Å². The Balaban J connectivity index is 1.31. The summed E-state index contributed by atoms with van der Waals surface area (Å²) in [5, 5.41) is 3.28. The Morgan fingerprint density at radius 2 is 2.13 bits per heavy atom. The summed E-state index contributed by atoms with van der Waals surface area (Å²) in [7, 11) is 0. The number of likely N-dealkylation sites (tertiary alicyclic amines) is 1. The van der Waals surface area contributed by atoms with Gasteiger partial charge in [0, 0.05) is 30.6 Å². The van der Waals surface area contributed by atoms with E-state index < -0.39 is 6.23 Å². The maximum atomic E-state index is 12.4. The summed E-state index contributed by atoms with van der Waals surface area (Å²) in [6.45, 7) is 9.84. The van der Waals surface area contributed by atoms with Gasteiger partial charge in [-0.05, 0) is 64.4 Å². The summed E-state index contributed by atoms with van der Waals surface area (Å²) in [6.07, 6.45) is 4.45. The Morgan fingerprint density at radius 3 is 2.90 bits per heavy atom. The van der Waals surface area contributed by atoms with Gasteiger partial charge in [-0.25, -0.2) is 9.78 Å². The van der Waals surface area contributed by atoms with Crippen molar-refractivity contribution < 1.29 is 14.3 Å². The topological polar surface area (TPSA) is 63.7 Å². The molecular weight excluding hydrogens is 410 g/mol. The molecule has 1 atom stereocenters. The minimum atomic E-state index is -0.425. The number of carbonyl (C=O) groups excluding carboxylic acids is 1. The molecule has 0 aliphatic carbocycles. The van der Waals surface area contributed by atoms with Crippen molar-refractivity contribution >= 4 is 23.0 Å². The molecule has 4 heterocycles. The smallest absolute Gasteiger partial charge is 0.352 e. The van der Waals surface area contributed by atoms with Crippen LogP contribution in [0.2, 0.25) is 0 Å². The van der Waals surface area contributed by atoms with Gasteiger partial charge in [0.2, 0.25) is 5.88 Å². The second-order valence-corrected chi connectivity index (χ2v) is 10.1. The molecule has 0 bridgehead atoms. The quantitative estimate of drug-likeness (QED) is 0.528. The van der Waals surface area contributed by atoms with Crippen LogP contribution in [0.15, 0.2) is 24.4 Å². The molecule has 31 heavy (non-hydrogen) atoms. The minimum Gasteiger partial charge on any atom is -0.477 e. The Kier molecular flexibility index (Phi) is 6.49. The molecule has 2 aliphatic heterocycles. The van der Waals surface area contributed by atoms with E-state index >= 15 is 0 Å². The first-order chi connectivity index (χ1) is 14.9. The second-order valence-electron chi connectivity index (χ2n) is 9.01.